The van der Waals surface area contributed by atoms with E-state index in [1.807, 2.05) is 35.2 Å². The third kappa shape index (κ3) is 4.10. The fraction of sp³-hybridized carbons (Fsp3) is 0.227. The zero-order valence-corrected chi connectivity index (χ0v) is 18.5. The molecule has 2 aromatic carbocycles. The first-order chi connectivity index (χ1) is 16.2. The highest BCUT2D eigenvalue weighted by molar-refractivity contribution is 7.89. The lowest BCUT2D eigenvalue weighted by molar-refractivity contribution is -0.137. The van der Waals surface area contributed by atoms with Crippen LogP contribution in [0.25, 0.3) is 17.0 Å². The average Bonchev–Trinajstić information content (AvgIpc) is 3.27. The van der Waals surface area contributed by atoms with Crippen LogP contribution in [0.15, 0.2) is 71.6 Å². The Morgan fingerprint density at radius 2 is 1.56 bits per heavy atom. The van der Waals surface area contributed by atoms with Crippen LogP contribution in [-0.2, 0) is 16.2 Å². The van der Waals surface area contributed by atoms with Crippen LogP contribution in [0.3, 0.4) is 0 Å². The largest absolute Gasteiger partial charge is 0.416 e. The van der Waals surface area contributed by atoms with Crippen molar-refractivity contribution in [2.24, 2.45) is 0 Å². The monoisotopic (exact) mass is 488 g/mol. The van der Waals surface area contributed by atoms with Crippen molar-refractivity contribution in [1.29, 1.82) is 0 Å². The molecule has 0 N–H and O–H groups in total. The quantitative estimate of drug-likeness (QED) is 0.438. The van der Waals surface area contributed by atoms with Gasteiger partial charge in [-0.3, -0.25) is 0 Å². The molecular formula is C22H19F3N6O2S. The van der Waals surface area contributed by atoms with Crippen LogP contribution in [0.5, 0.6) is 0 Å². The first-order valence-corrected chi connectivity index (χ1v) is 11.9. The molecule has 0 saturated carbocycles. The van der Waals surface area contributed by atoms with Crippen molar-refractivity contribution >= 4 is 21.5 Å². The van der Waals surface area contributed by atoms with Crippen molar-refractivity contribution < 1.29 is 21.6 Å². The van der Waals surface area contributed by atoms with Crippen molar-refractivity contribution in [2.45, 2.75) is 11.1 Å². The van der Waals surface area contributed by atoms with Gasteiger partial charge in [0.1, 0.15) is 5.82 Å². The van der Waals surface area contributed by atoms with E-state index in [1.165, 1.54) is 10.4 Å². The van der Waals surface area contributed by atoms with Gasteiger partial charge in [0, 0.05) is 31.7 Å². The van der Waals surface area contributed by atoms with Gasteiger partial charge in [-0.05, 0) is 30.3 Å². The molecule has 0 aliphatic carbocycles. The summed E-state index contributed by atoms with van der Waals surface area (Å²) in [5, 5.41) is 13.0. The second-order valence-electron chi connectivity index (χ2n) is 7.77. The molecular weight excluding hydrogens is 469 g/mol. The van der Waals surface area contributed by atoms with Gasteiger partial charge in [0.05, 0.1) is 10.5 Å². The lowest BCUT2D eigenvalue weighted by Crippen LogP contribution is -2.49. The van der Waals surface area contributed by atoms with E-state index in [9.17, 15) is 21.6 Å². The number of aromatic nitrogens is 4. The van der Waals surface area contributed by atoms with Crippen molar-refractivity contribution in [3.05, 3.63) is 72.3 Å². The number of benzene rings is 2. The predicted octanol–water partition coefficient (Wildman–Crippen LogP) is 3.32. The molecule has 8 nitrogen and oxygen atoms in total. The second-order valence-corrected chi connectivity index (χ2v) is 9.71. The zero-order chi connectivity index (χ0) is 23.9. The maximum atomic E-state index is 13.0. The fourth-order valence-corrected chi connectivity index (χ4v) is 5.32. The summed E-state index contributed by atoms with van der Waals surface area (Å²) in [6.45, 7) is 0.900. The second kappa shape index (κ2) is 8.37. The molecule has 0 bridgehead atoms. The van der Waals surface area contributed by atoms with E-state index in [2.05, 4.69) is 15.3 Å². The standard InChI is InChI=1S/C22H19F3N6O2S/c23-22(24,25)17-7-4-8-18(15-17)34(32,33)30-13-11-29(12-14-30)20-10-9-19-26-27-21(31(19)28-20)16-5-2-1-3-6-16/h1-10,15H,11-14H2. The molecule has 34 heavy (non-hydrogen) atoms. The van der Waals surface area contributed by atoms with Crippen molar-refractivity contribution in [3.8, 4) is 11.4 Å². The van der Waals surface area contributed by atoms with Crippen molar-refractivity contribution in [1.82, 2.24) is 24.1 Å². The van der Waals surface area contributed by atoms with Crippen LogP contribution in [0.2, 0.25) is 0 Å². The zero-order valence-electron chi connectivity index (χ0n) is 17.7. The number of hydrogen-bond donors (Lipinski definition) is 0. The summed E-state index contributed by atoms with van der Waals surface area (Å²) in [4.78, 5) is 1.55. The van der Waals surface area contributed by atoms with Gasteiger partial charge in [0.2, 0.25) is 10.0 Å². The Balaban J connectivity index is 1.35. The Kier molecular flexibility index (Phi) is 5.48. The first-order valence-electron chi connectivity index (χ1n) is 10.4. The lowest BCUT2D eigenvalue weighted by atomic mass is 10.2. The highest BCUT2D eigenvalue weighted by atomic mass is 32.2. The van der Waals surface area contributed by atoms with E-state index in [4.69, 9.17) is 0 Å². The molecule has 3 heterocycles. The van der Waals surface area contributed by atoms with Crippen LogP contribution in [0.1, 0.15) is 5.56 Å². The summed E-state index contributed by atoms with van der Waals surface area (Å²) in [7, 11) is -4.06. The summed E-state index contributed by atoms with van der Waals surface area (Å²) in [5.74, 6) is 1.21. The first kappa shape index (κ1) is 22.3. The predicted molar refractivity (Wildman–Crippen MR) is 119 cm³/mol. The molecule has 0 spiro atoms. The number of nitrogens with zero attached hydrogens (tertiary/aromatic N) is 6. The van der Waals surface area contributed by atoms with Crippen LogP contribution in [0.4, 0.5) is 19.0 Å². The molecule has 0 amide bonds. The normalized spacial score (nSPS) is 15.7. The maximum absolute atomic E-state index is 13.0. The minimum Gasteiger partial charge on any atom is -0.353 e. The third-order valence-corrected chi connectivity index (χ3v) is 7.54. The number of rotatable bonds is 4. The van der Waals surface area contributed by atoms with Crippen LogP contribution < -0.4 is 4.90 Å². The van der Waals surface area contributed by atoms with Gasteiger partial charge in [-0.15, -0.1) is 15.3 Å². The smallest absolute Gasteiger partial charge is 0.353 e. The molecule has 0 unspecified atom stereocenters. The van der Waals surface area contributed by atoms with Gasteiger partial charge < -0.3 is 4.90 Å². The molecule has 2 aromatic heterocycles. The molecule has 176 valence electrons. The van der Waals surface area contributed by atoms with Crippen LogP contribution >= 0.6 is 0 Å². The van der Waals surface area contributed by atoms with Crippen LogP contribution in [0, 0.1) is 0 Å². The highest BCUT2D eigenvalue weighted by Crippen LogP contribution is 2.31. The summed E-state index contributed by atoms with van der Waals surface area (Å²) >= 11 is 0. The van der Waals surface area contributed by atoms with Crippen LogP contribution in [-0.4, -0.2) is 58.7 Å². The molecule has 5 rings (SSSR count). The number of anilines is 1. The maximum Gasteiger partial charge on any atom is 0.416 e. The summed E-state index contributed by atoms with van der Waals surface area (Å²) < 4.78 is 67.8. The average molecular weight is 488 g/mol. The molecule has 4 aromatic rings. The van der Waals surface area contributed by atoms with Gasteiger partial charge in [-0.2, -0.15) is 22.0 Å². The minimum absolute atomic E-state index is 0.117. The van der Waals surface area contributed by atoms with Gasteiger partial charge >= 0.3 is 6.18 Å². The number of halogens is 3. The lowest BCUT2D eigenvalue weighted by Gasteiger charge is -2.34. The number of hydrogen-bond acceptors (Lipinski definition) is 6. The topological polar surface area (TPSA) is 83.7 Å². The summed E-state index contributed by atoms with van der Waals surface area (Å²) in [6, 6.07) is 16.9. The Morgan fingerprint density at radius 3 is 2.26 bits per heavy atom. The Morgan fingerprint density at radius 1 is 0.824 bits per heavy atom. The van der Waals surface area contributed by atoms with E-state index >= 15 is 0 Å². The SMILES string of the molecule is O=S(=O)(c1cccc(C(F)(F)F)c1)N1CCN(c2ccc3nnc(-c4ccccc4)n3n2)CC1. The molecule has 1 aliphatic rings. The third-order valence-electron chi connectivity index (χ3n) is 5.64. The van der Waals surface area contributed by atoms with E-state index in [-0.39, 0.29) is 18.0 Å². The molecule has 0 atom stereocenters. The molecule has 1 aliphatic heterocycles. The number of sulfonamides is 1. The van der Waals surface area contributed by atoms with Gasteiger partial charge in [-0.25, -0.2) is 8.42 Å². The van der Waals surface area contributed by atoms with Crippen molar-refractivity contribution in [3.63, 3.8) is 0 Å². The minimum atomic E-state index is -4.62. The van der Waals surface area contributed by atoms with E-state index < -0.39 is 21.8 Å². The Labute approximate surface area is 193 Å². The number of piperazine rings is 1. The summed E-state index contributed by atoms with van der Waals surface area (Å²) in [5.41, 5.74) is 0.442. The van der Waals surface area contributed by atoms with E-state index in [1.54, 1.807) is 16.6 Å². The van der Waals surface area contributed by atoms with Gasteiger partial charge in [-0.1, -0.05) is 36.4 Å². The van der Waals surface area contributed by atoms with Gasteiger partial charge in [0.25, 0.3) is 0 Å². The fourth-order valence-electron chi connectivity index (χ4n) is 3.85. The number of fused-ring (bicyclic) bond motifs is 1. The van der Waals surface area contributed by atoms with Crippen molar-refractivity contribution in [2.75, 3.05) is 31.1 Å². The van der Waals surface area contributed by atoms with E-state index in [0.29, 0.717) is 36.4 Å². The molecule has 12 heteroatoms. The highest BCUT2D eigenvalue weighted by Gasteiger charge is 2.34. The Bertz CT molecular complexity index is 1430. The van der Waals surface area contributed by atoms with E-state index in [0.717, 1.165) is 17.7 Å². The Hall–Kier alpha value is -3.51. The van der Waals surface area contributed by atoms with Gasteiger partial charge in [0.15, 0.2) is 11.5 Å². The molecule has 0 radical (unpaired) electrons. The summed E-state index contributed by atoms with van der Waals surface area (Å²) in [6.07, 6.45) is -4.62. The molecule has 1 fully saturated rings. The molecule has 1 saturated heterocycles. The number of alkyl halides is 3.